The summed E-state index contributed by atoms with van der Waals surface area (Å²) < 4.78 is 17.4. The summed E-state index contributed by atoms with van der Waals surface area (Å²) in [6, 6.07) is 24.3. The molecule has 9 N–H and O–H groups in total. The summed E-state index contributed by atoms with van der Waals surface area (Å²) >= 11 is 0. The van der Waals surface area contributed by atoms with Crippen molar-refractivity contribution in [2.45, 2.75) is 30.5 Å². The standard InChI is InChI=1S/C45H38O12/c1-55-38-14-22(3-5-35(38)52)42-40(24-10-27(47)16-28(48)11-24)32(33-18-31(51)19-37(54)43(33)42)8-21-7-26(20-46)44-34(9-21)41(25-12-29(49)17-30(50)13-25)45(57-44)23-4-6-36(53)39(15-23)56-2/h3-19,40-42,45-54H,20H2,1-2H3. The van der Waals surface area contributed by atoms with E-state index in [2.05, 4.69) is 0 Å². The predicted octanol–water partition coefficient (Wildman–Crippen LogP) is 7.58. The fourth-order valence-corrected chi connectivity index (χ4v) is 8.42. The van der Waals surface area contributed by atoms with Gasteiger partial charge in [0.1, 0.15) is 46.4 Å². The minimum atomic E-state index is -0.776. The van der Waals surface area contributed by atoms with Crippen LogP contribution in [0, 0.1) is 0 Å². The number of aliphatic hydroxyl groups excluding tert-OH is 1. The summed E-state index contributed by atoms with van der Waals surface area (Å²) in [7, 11) is 2.84. The van der Waals surface area contributed by atoms with Crippen LogP contribution in [0.1, 0.15) is 73.9 Å². The minimum Gasteiger partial charge on any atom is -0.508 e. The molecule has 6 aromatic carbocycles. The Balaban J connectivity index is 1.38. The fraction of sp³-hybridized carbons (Fsp3) is 0.156. The maximum absolute atomic E-state index is 11.5. The molecule has 0 saturated heterocycles. The van der Waals surface area contributed by atoms with Crippen LogP contribution >= 0.6 is 0 Å². The highest BCUT2D eigenvalue weighted by Gasteiger charge is 2.43. The van der Waals surface area contributed by atoms with Gasteiger partial charge in [0, 0.05) is 46.7 Å². The summed E-state index contributed by atoms with van der Waals surface area (Å²) in [4.78, 5) is 0. The highest BCUT2D eigenvalue weighted by atomic mass is 16.5. The Morgan fingerprint density at radius 2 is 1.09 bits per heavy atom. The number of ether oxygens (including phenoxy) is 3. The number of phenols is 8. The lowest BCUT2D eigenvalue weighted by atomic mass is 9.79. The first-order valence-corrected chi connectivity index (χ1v) is 17.9. The Kier molecular flexibility index (Phi) is 9.13. The second-order valence-corrected chi connectivity index (χ2v) is 14.2. The van der Waals surface area contributed by atoms with Gasteiger partial charge in [0.05, 0.1) is 26.7 Å². The van der Waals surface area contributed by atoms with E-state index in [-0.39, 0.29) is 57.5 Å². The number of rotatable bonds is 8. The molecule has 0 radical (unpaired) electrons. The van der Waals surface area contributed by atoms with E-state index < -0.39 is 30.5 Å². The van der Waals surface area contributed by atoms with Crippen LogP contribution in [0.25, 0.3) is 11.6 Å². The Labute approximate surface area is 326 Å². The number of benzene rings is 6. The van der Waals surface area contributed by atoms with Gasteiger partial charge >= 0.3 is 0 Å². The molecule has 0 fully saturated rings. The smallest absolute Gasteiger partial charge is 0.160 e. The average molecular weight is 771 g/mol. The number of methoxy groups -OCH3 is 2. The zero-order valence-corrected chi connectivity index (χ0v) is 30.6. The SMILES string of the molecule is COc1cc(C2Oc3c(CO)cc(C=C4c5cc(O)cc(O)c5C(c5ccc(O)c(OC)c5)C4c4cc(O)cc(O)c4)cc3C2c2cc(O)cc(O)c2)ccc1O. The third kappa shape index (κ3) is 6.45. The maximum Gasteiger partial charge on any atom is 0.160 e. The zero-order valence-electron chi connectivity index (χ0n) is 30.6. The monoisotopic (exact) mass is 770 g/mol. The lowest BCUT2D eigenvalue weighted by Gasteiger charge is -2.24. The topological polar surface area (TPSA) is 210 Å². The van der Waals surface area contributed by atoms with Gasteiger partial charge < -0.3 is 60.2 Å². The number of allylic oxidation sites excluding steroid dienone is 1. The van der Waals surface area contributed by atoms with E-state index in [4.69, 9.17) is 14.2 Å². The van der Waals surface area contributed by atoms with Crippen molar-refractivity contribution in [2.75, 3.05) is 14.2 Å². The van der Waals surface area contributed by atoms with Gasteiger partial charge in [-0.3, -0.25) is 0 Å². The Hall–Kier alpha value is -7.18. The van der Waals surface area contributed by atoms with E-state index in [0.717, 1.165) is 0 Å². The molecule has 4 unspecified atom stereocenters. The first kappa shape index (κ1) is 36.8. The Morgan fingerprint density at radius 3 is 1.67 bits per heavy atom. The third-order valence-corrected chi connectivity index (χ3v) is 10.7. The van der Waals surface area contributed by atoms with E-state index in [1.807, 2.05) is 12.1 Å². The van der Waals surface area contributed by atoms with Crippen LogP contribution < -0.4 is 14.2 Å². The van der Waals surface area contributed by atoms with Gasteiger partial charge in [0.25, 0.3) is 0 Å². The molecule has 12 heteroatoms. The molecule has 4 atom stereocenters. The number of aromatic hydroxyl groups is 8. The van der Waals surface area contributed by atoms with Crippen molar-refractivity contribution in [1.82, 2.24) is 0 Å². The van der Waals surface area contributed by atoms with Crippen molar-refractivity contribution in [1.29, 1.82) is 0 Å². The first-order valence-electron chi connectivity index (χ1n) is 17.9. The molecule has 1 aliphatic heterocycles. The third-order valence-electron chi connectivity index (χ3n) is 10.7. The molecular formula is C45H38O12. The van der Waals surface area contributed by atoms with E-state index in [1.165, 1.54) is 74.9 Å². The molecule has 0 aromatic heterocycles. The van der Waals surface area contributed by atoms with Crippen LogP contribution in [-0.4, -0.2) is 60.2 Å². The maximum atomic E-state index is 11.5. The largest absolute Gasteiger partial charge is 0.508 e. The van der Waals surface area contributed by atoms with Crippen LogP contribution in [0.3, 0.4) is 0 Å². The normalized spacial score (nSPS) is 18.9. The summed E-state index contributed by atoms with van der Waals surface area (Å²) in [5.74, 6) is -2.74. The molecule has 1 heterocycles. The van der Waals surface area contributed by atoms with Gasteiger partial charge in [0.15, 0.2) is 23.0 Å². The number of fused-ring (bicyclic) bond motifs is 2. The van der Waals surface area contributed by atoms with Crippen molar-refractivity contribution < 1.29 is 60.2 Å². The van der Waals surface area contributed by atoms with Crippen LogP contribution in [0.5, 0.6) is 63.2 Å². The molecule has 1 aliphatic carbocycles. The molecule has 12 nitrogen and oxygen atoms in total. The molecule has 0 amide bonds. The van der Waals surface area contributed by atoms with Crippen molar-refractivity contribution in [3.63, 3.8) is 0 Å². The van der Waals surface area contributed by atoms with Crippen molar-refractivity contribution in [3.05, 3.63) is 147 Å². The Bertz CT molecular complexity index is 2560. The first-order chi connectivity index (χ1) is 27.4. The van der Waals surface area contributed by atoms with Gasteiger partial charge in [-0.15, -0.1) is 0 Å². The van der Waals surface area contributed by atoms with Crippen LogP contribution in [0.15, 0.2) is 97.1 Å². The van der Waals surface area contributed by atoms with Crippen molar-refractivity contribution in [3.8, 4) is 63.2 Å². The van der Waals surface area contributed by atoms with Gasteiger partial charge in [-0.05, 0) is 106 Å². The highest BCUT2D eigenvalue weighted by Crippen LogP contribution is 2.60. The quantitative estimate of drug-likeness (QED) is 0.0734. The zero-order chi connectivity index (χ0) is 40.3. The summed E-state index contributed by atoms with van der Waals surface area (Å²) in [6.07, 6.45) is 1.05. The summed E-state index contributed by atoms with van der Waals surface area (Å²) in [5.41, 5.74) is 5.18. The molecule has 0 spiro atoms. The second-order valence-electron chi connectivity index (χ2n) is 14.2. The summed E-state index contributed by atoms with van der Waals surface area (Å²) in [6.45, 7) is -0.444. The molecule has 290 valence electrons. The summed E-state index contributed by atoms with van der Waals surface area (Å²) in [5, 5.41) is 96.7. The second kappa shape index (κ2) is 14.2. The lowest BCUT2D eigenvalue weighted by molar-refractivity contribution is 0.211. The average Bonchev–Trinajstić information content (AvgIpc) is 3.70. The highest BCUT2D eigenvalue weighted by molar-refractivity contribution is 5.93. The molecular weight excluding hydrogens is 732 g/mol. The van der Waals surface area contributed by atoms with Crippen molar-refractivity contribution >= 4 is 11.6 Å². The molecule has 2 aliphatic rings. The van der Waals surface area contributed by atoms with E-state index in [9.17, 15) is 46.0 Å². The molecule has 8 rings (SSSR count). The molecule has 6 aromatic rings. The minimum absolute atomic E-state index is 0.0825. The molecule has 57 heavy (non-hydrogen) atoms. The van der Waals surface area contributed by atoms with Crippen LogP contribution in [-0.2, 0) is 6.61 Å². The number of phenolic OH excluding ortho intramolecular Hbond substituents is 8. The Morgan fingerprint density at radius 1 is 0.544 bits per heavy atom. The van der Waals surface area contributed by atoms with Gasteiger partial charge in [-0.2, -0.15) is 0 Å². The van der Waals surface area contributed by atoms with E-state index >= 15 is 0 Å². The number of hydrogen-bond acceptors (Lipinski definition) is 12. The van der Waals surface area contributed by atoms with E-state index in [1.54, 1.807) is 30.3 Å². The molecule has 0 bridgehead atoms. The van der Waals surface area contributed by atoms with Crippen LogP contribution in [0.2, 0.25) is 0 Å². The van der Waals surface area contributed by atoms with E-state index in [0.29, 0.717) is 61.4 Å². The fourth-order valence-electron chi connectivity index (χ4n) is 8.42. The van der Waals surface area contributed by atoms with Crippen molar-refractivity contribution in [2.24, 2.45) is 0 Å². The number of aliphatic hydroxyl groups is 1. The molecule has 0 saturated carbocycles. The van der Waals surface area contributed by atoms with Gasteiger partial charge in [-0.1, -0.05) is 18.2 Å². The number of hydrogen-bond donors (Lipinski definition) is 9. The lowest BCUT2D eigenvalue weighted by Crippen LogP contribution is -2.11. The predicted molar refractivity (Wildman–Crippen MR) is 209 cm³/mol. The van der Waals surface area contributed by atoms with Gasteiger partial charge in [-0.25, -0.2) is 0 Å². The van der Waals surface area contributed by atoms with Crippen LogP contribution in [0.4, 0.5) is 0 Å². The van der Waals surface area contributed by atoms with Gasteiger partial charge in [0.2, 0.25) is 0 Å².